The molecule has 128 valence electrons. The molecule has 2 rings (SSSR count). The fourth-order valence-electron chi connectivity index (χ4n) is 3.00. The molecule has 1 saturated heterocycles. The van der Waals surface area contributed by atoms with Crippen molar-refractivity contribution in [3.8, 4) is 5.75 Å². The summed E-state index contributed by atoms with van der Waals surface area (Å²) in [7, 11) is 3.04. The van der Waals surface area contributed by atoms with Crippen molar-refractivity contribution in [3.63, 3.8) is 0 Å². The largest absolute Gasteiger partial charge is 0.494 e. The second kappa shape index (κ2) is 7.75. The van der Waals surface area contributed by atoms with Gasteiger partial charge in [-0.1, -0.05) is 6.07 Å². The van der Waals surface area contributed by atoms with Crippen LogP contribution in [0.1, 0.15) is 31.4 Å². The third kappa shape index (κ3) is 4.00. The molecule has 2 N–H and O–H groups in total. The van der Waals surface area contributed by atoms with E-state index in [-0.39, 0.29) is 17.7 Å². The van der Waals surface area contributed by atoms with Gasteiger partial charge in [-0.3, -0.25) is 4.79 Å². The maximum atomic E-state index is 13.8. The molecule has 0 aromatic heterocycles. The van der Waals surface area contributed by atoms with Crippen LogP contribution in [0.2, 0.25) is 0 Å². The summed E-state index contributed by atoms with van der Waals surface area (Å²) in [6.45, 7) is 3.83. The first kappa shape index (κ1) is 17.7. The summed E-state index contributed by atoms with van der Waals surface area (Å²) in [5.41, 5.74) is 0.192. The van der Waals surface area contributed by atoms with Gasteiger partial charge in [-0.15, -0.1) is 0 Å². The number of amides is 1. The number of methoxy groups -OCH3 is 2. The Bertz CT molecular complexity index is 539. The van der Waals surface area contributed by atoms with Gasteiger partial charge in [0.1, 0.15) is 0 Å². The Balaban J connectivity index is 2.09. The van der Waals surface area contributed by atoms with E-state index in [0.29, 0.717) is 12.2 Å². The molecule has 1 fully saturated rings. The molecular weight excluding hydrogens is 299 g/mol. The van der Waals surface area contributed by atoms with Gasteiger partial charge < -0.3 is 20.1 Å². The average Bonchev–Trinajstić information content (AvgIpc) is 2.55. The number of benzene rings is 1. The molecule has 6 heteroatoms. The third-order valence-electron chi connectivity index (χ3n) is 4.49. The molecule has 0 aliphatic carbocycles. The van der Waals surface area contributed by atoms with Crippen molar-refractivity contribution in [1.82, 2.24) is 10.6 Å². The highest BCUT2D eigenvalue weighted by molar-refractivity contribution is 5.83. The number of carbonyl (C=O) groups excluding carboxylic acids is 1. The molecule has 0 spiro atoms. The van der Waals surface area contributed by atoms with Gasteiger partial charge in [-0.2, -0.15) is 0 Å². The van der Waals surface area contributed by atoms with Gasteiger partial charge in [0.25, 0.3) is 0 Å². The SMILES string of the molecule is COCC1(C(=O)NC(C)c2ccc(OC)c(F)c2)CCNCC1. The zero-order valence-electron chi connectivity index (χ0n) is 13.9. The number of piperidine rings is 1. The number of nitrogens with one attached hydrogen (secondary N) is 2. The minimum Gasteiger partial charge on any atom is -0.494 e. The molecule has 1 aliphatic heterocycles. The summed E-state index contributed by atoms with van der Waals surface area (Å²) in [6.07, 6.45) is 1.47. The van der Waals surface area contributed by atoms with Gasteiger partial charge >= 0.3 is 0 Å². The average molecular weight is 324 g/mol. The van der Waals surface area contributed by atoms with Crippen molar-refractivity contribution in [2.75, 3.05) is 33.9 Å². The van der Waals surface area contributed by atoms with Crippen molar-refractivity contribution in [2.45, 2.75) is 25.8 Å². The second-order valence-corrected chi connectivity index (χ2v) is 6.05. The molecule has 1 unspecified atom stereocenters. The first-order chi connectivity index (χ1) is 11.0. The van der Waals surface area contributed by atoms with Crippen LogP contribution in [0.5, 0.6) is 5.75 Å². The van der Waals surface area contributed by atoms with Gasteiger partial charge in [0.15, 0.2) is 11.6 Å². The minimum atomic E-state index is -0.515. The van der Waals surface area contributed by atoms with Crippen LogP contribution in [0.15, 0.2) is 18.2 Å². The molecule has 1 amide bonds. The molecule has 0 radical (unpaired) electrons. The van der Waals surface area contributed by atoms with Crippen LogP contribution >= 0.6 is 0 Å². The number of ether oxygens (including phenoxy) is 2. The predicted octanol–water partition coefficient (Wildman–Crippen LogP) is 2.03. The standard InChI is InChI=1S/C17H25FN2O3/c1-12(13-4-5-15(23-3)14(18)10-13)20-16(21)17(11-22-2)6-8-19-9-7-17/h4-5,10,12,19H,6-9,11H2,1-3H3,(H,20,21). The van der Waals surface area contributed by atoms with Crippen LogP contribution in [-0.2, 0) is 9.53 Å². The molecule has 1 aromatic rings. The molecular formula is C17H25FN2O3. The summed E-state index contributed by atoms with van der Waals surface area (Å²) in [5.74, 6) is -0.273. The fraction of sp³-hybridized carbons (Fsp3) is 0.588. The lowest BCUT2D eigenvalue weighted by atomic mass is 9.78. The van der Waals surface area contributed by atoms with E-state index in [1.54, 1.807) is 19.2 Å². The van der Waals surface area contributed by atoms with Crippen molar-refractivity contribution < 1.29 is 18.7 Å². The lowest BCUT2D eigenvalue weighted by Gasteiger charge is -2.36. The first-order valence-corrected chi connectivity index (χ1v) is 7.86. The van der Waals surface area contributed by atoms with Crippen molar-refractivity contribution in [1.29, 1.82) is 0 Å². The van der Waals surface area contributed by atoms with Gasteiger partial charge in [0.05, 0.1) is 25.2 Å². The fourth-order valence-corrected chi connectivity index (χ4v) is 3.00. The third-order valence-corrected chi connectivity index (χ3v) is 4.49. The molecule has 0 bridgehead atoms. The number of carbonyl (C=O) groups is 1. The van der Waals surface area contributed by atoms with E-state index in [0.717, 1.165) is 25.9 Å². The highest BCUT2D eigenvalue weighted by atomic mass is 19.1. The number of rotatable bonds is 6. The van der Waals surface area contributed by atoms with E-state index in [9.17, 15) is 9.18 Å². The van der Waals surface area contributed by atoms with E-state index >= 15 is 0 Å². The first-order valence-electron chi connectivity index (χ1n) is 7.86. The van der Waals surface area contributed by atoms with E-state index < -0.39 is 11.2 Å². The number of halogens is 1. The molecule has 5 nitrogen and oxygen atoms in total. The Morgan fingerprint density at radius 3 is 2.65 bits per heavy atom. The Labute approximate surface area is 136 Å². The lowest BCUT2D eigenvalue weighted by Crippen LogP contribution is -2.50. The van der Waals surface area contributed by atoms with E-state index in [4.69, 9.17) is 9.47 Å². The summed E-state index contributed by atoms with van der Waals surface area (Å²) in [4.78, 5) is 12.8. The smallest absolute Gasteiger partial charge is 0.229 e. The summed E-state index contributed by atoms with van der Waals surface area (Å²) in [6, 6.07) is 4.45. The predicted molar refractivity (Wildman–Crippen MR) is 85.9 cm³/mol. The minimum absolute atomic E-state index is 0.0374. The Morgan fingerprint density at radius 1 is 1.39 bits per heavy atom. The summed E-state index contributed by atoms with van der Waals surface area (Å²) < 4.78 is 24.0. The van der Waals surface area contributed by atoms with Gasteiger partial charge in [0, 0.05) is 7.11 Å². The Hall–Kier alpha value is -1.66. The maximum Gasteiger partial charge on any atom is 0.229 e. The van der Waals surface area contributed by atoms with E-state index in [2.05, 4.69) is 10.6 Å². The highest BCUT2D eigenvalue weighted by Gasteiger charge is 2.40. The van der Waals surface area contributed by atoms with Crippen LogP contribution in [0.4, 0.5) is 4.39 Å². The molecule has 0 saturated carbocycles. The number of hydrogen-bond acceptors (Lipinski definition) is 4. The van der Waals surface area contributed by atoms with Gasteiger partial charge in [-0.25, -0.2) is 4.39 Å². The highest BCUT2D eigenvalue weighted by Crippen LogP contribution is 2.31. The van der Waals surface area contributed by atoms with Crippen LogP contribution in [0.25, 0.3) is 0 Å². The molecule has 1 atom stereocenters. The number of hydrogen-bond donors (Lipinski definition) is 2. The van der Waals surface area contributed by atoms with Crippen molar-refractivity contribution in [2.24, 2.45) is 5.41 Å². The zero-order valence-corrected chi connectivity index (χ0v) is 13.9. The topological polar surface area (TPSA) is 59.6 Å². The maximum absolute atomic E-state index is 13.8. The summed E-state index contributed by atoms with van der Waals surface area (Å²) in [5, 5.41) is 6.26. The summed E-state index contributed by atoms with van der Waals surface area (Å²) >= 11 is 0. The van der Waals surface area contributed by atoms with Crippen LogP contribution < -0.4 is 15.4 Å². The van der Waals surface area contributed by atoms with Crippen LogP contribution in [-0.4, -0.2) is 39.8 Å². The molecule has 23 heavy (non-hydrogen) atoms. The van der Waals surface area contributed by atoms with Crippen molar-refractivity contribution >= 4 is 5.91 Å². The van der Waals surface area contributed by atoms with Crippen LogP contribution in [0.3, 0.4) is 0 Å². The zero-order chi connectivity index (χ0) is 16.9. The van der Waals surface area contributed by atoms with E-state index in [1.807, 2.05) is 6.92 Å². The normalized spacial score (nSPS) is 18.3. The molecule has 1 aromatic carbocycles. The Morgan fingerprint density at radius 2 is 2.09 bits per heavy atom. The van der Waals surface area contributed by atoms with Gasteiger partial charge in [-0.05, 0) is 50.6 Å². The Kier molecular flexibility index (Phi) is 5.96. The quantitative estimate of drug-likeness (QED) is 0.840. The van der Waals surface area contributed by atoms with Crippen LogP contribution in [0, 0.1) is 11.2 Å². The lowest BCUT2D eigenvalue weighted by molar-refractivity contribution is -0.136. The monoisotopic (exact) mass is 324 g/mol. The molecule has 1 aliphatic rings. The second-order valence-electron chi connectivity index (χ2n) is 6.05. The van der Waals surface area contributed by atoms with Crippen molar-refractivity contribution in [3.05, 3.63) is 29.6 Å². The molecule has 1 heterocycles. The van der Waals surface area contributed by atoms with Gasteiger partial charge in [0.2, 0.25) is 5.91 Å². The van der Waals surface area contributed by atoms with E-state index in [1.165, 1.54) is 13.2 Å².